The van der Waals surface area contributed by atoms with Crippen LogP contribution in [0.15, 0.2) is 5.38 Å². The summed E-state index contributed by atoms with van der Waals surface area (Å²) < 4.78 is 0. The molecule has 1 aromatic rings. The van der Waals surface area contributed by atoms with Crippen molar-refractivity contribution in [1.29, 1.82) is 0 Å². The van der Waals surface area contributed by atoms with E-state index in [1.807, 2.05) is 5.38 Å². The number of piperidine rings is 1. The fourth-order valence-electron chi connectivity index (χ4n) is 3.81. The van der Waals surface area contributed by atoms with Gasteiger partial charge in [-0.2, -0.15) is 0 Å². The number of carbonyl (C=O) groups is 3. The maximum atomic E-state index is 12.8. The molecule has 0 radical (unpaired) electrons. The van der Waals surface area contributed by atoms with Crippen LogP contribution in [0, 0.1) is 11.8 Å². The Morgan fingerprint density at radius 2 is 1.96 bits per heavy atom. The third-order valence-corrected chi connectivity index (χ3v) is 6.60. The molecule has 1 N–H and O–H groups in total. The number of thiophene rings is 1. The van der Waals surface area contributed by atoms with Crippen LogP contribution in [-0.2, 0) is 22.4 Å². The third kappa shape index (κ3) is 3.92. The van der Waals surface area contributed by atoms with E-state index in [1.54, 1.807) is 23.3 Å². The second-order valence-electron chi connectivity index (χ2n) is 7.55. The molecule has 2 heterocycles. The van der Waals surface area contributed by atoms with Gasteiger partial charge < -0.3 is 14.9 Å². The van der Waals surface area contributed by atoms with Gasteiger partial charge in [-0.25, -0.2) is 0 Å². The van der Waals surface area contributed by atoms with Gasteiger partial charge in [-0.05, 0) is 43.6 Å². The van der Waals surface area contributed by atoms with E-state index in [1.165, 1.54) is 15.3 Å². The highest BCUT2D eigenvalue weighted by Crippen LogP contribution is 2.33. The van der Waals surface area contributed by atoms with E-state index in [-0.39, 0.29) is 24.3 Å². The summed E-state index contributed by atoms with van der Waals surface area (Å²) in [5.41, 5.74) is 1.91. The van der Waals surface area contributed by atoms with Crippen molar-refractivity contribution < 1.29 is 19.5 Å². The molecule has 2 amide bonds. The van der Waals surface area contributed by atoms with Crippen molar-refractivity contribution in [2.75, 3.05) is 26.7 Å². The van der Waals surface area contributed by atoms with Crippen molar-refractivity contribution >= 4 is 29.1 Å². The van der Waals surface area contributed by atoms with Gasteiger partial charge in [-0.1, -0.05) is 6.92 Å². The number of carboxylic acids is 1. The molecule has 1 aromatic heterocycles. The highest BCUT2D eigenvalue weighted by Gasteiger charge is 2.29. The Kier molecular flexibility index (Phi) is 5.65. The van der Waals surface area contributed by atoms with E-state index in [4.69, 9.17) is 5.11 Å². The van der Waals surface area contributed by atoms with Crippen LogP contribution in [0.25, 0.3) is 0 Å². The number of rotatable bonds is 4. The van der Waals surface area contributed by atoms with Crippen LogP contribution in [0.5, 0.6) is 0 Å². The number of carboxylic acid groups (broad SMARTS) is 1. The molecule has 3 rings (SSSR count). The lowest BCUT2D eigenvalue weighted by Gasteiger charge is -2.31. The number of nitrogens with zero attached hydrogens (tertiary/aromatic N) is 2. The van der Waals surface area contributed by atoms with Crippen LogP contribution in [0.2, 0.25) is 0 Å². The molecule has 7 heteroatoms. The van der Waals surface area contributed by atoms with E-state index >= 15 is 0 Å². The Labute approximate surface area is 157 Å². The summed E-state index contributed by atoms with van der Waals surface area (Å²) in [4.78, 5) is 40.8. The van der Waals surface area contributed by atoms with Gasteiger partial charge in [0.2, 0.25) is 5.91 Å². The average molecular weight is 378 g/mol. The number of likely N-dealkylation sites (N-methyl/N-ethyl adjacent to an activating group) is 1. The Hall–Kier alpha value is -1.89. The van der Waals surface area contributed by atoms with Gasteiger partial charge >= 0.3 is 5.97 Å². The number of carbonyl (C=O) groups excluding carboxylic acids is 2. The quantitative estimate of drug-likeness (QED) is 0.872. The molecule has 1 atom stereocenters. The van der Waals surface area contributed by atoms with Gasteiger partial charge in [0.05, 0.1) is 18.0 Å². The summed E-state index contributed by atoms with van der Waals surface area (Å²) in [6, 6.07) is 0. The van der Waals surface area contributed by atoms with E-state index in [2.05, 4.69) is 6.92 Å². The number of aliphatic carboxylic acids is 1. The van der Waals surface area contributed by atoms with Gasteiger partial charge in [-0.15, -0.1) is 11.3 Å². The van der Waals surface area contributed by atoms with Crippen LogP contribution in [0.1, 0.15) is 47.0 Å². The van der Waals surface area contributed by atoms with Crippen molar-refractivity contribution in [2.45, 2.75) is 39.0 Å². The summed E-state index contributed by atoms with van der Waals surface area (Å²) >= 11 is 1.65. The highest BCUT2D eigenvalue weighted by atomic mass is 32.1. The van der Waals surface area contributed by atoms with Gasteiger partial charge in [0.15, 0.2) is 0 Å². The predicted molar refractivity (Wildman–Crippen MR) is 99.4 cm³/mol. The molecule has 1 aliphatic carbocycles. The lowest BCUT2D eigenvalue weighted by atomic mass is 9.88. The van der Waals surface area contributed by atoms with Gasteiger partial charge in [0.1, 0.15) is 0 Å². The van der Waals surface area contributed by atoms with Crippen LogP contribution < -0.4 is 0 Å². The maximum absolute atomic E-state index is 12.8. The van der Waals surface area contributed by atoms with E-state index in [0.29, 0.717) is 31.8 Å². The molecule has 1 aliphatic heterocycles. The summed E-state index contributed by atoms with van der Waals surface area (Å²) in [6.07, 6.45) is 4.04. The third-order valence-electron chi connectivity index (χ3n) is 5.55. The normalized spacial score (nSPS) is 20.5. The summed E-state index contributed by atoms with van der Waals surface area (Å²) in [6.45, 7) is 3.17. The average Bonchev–Trinajstić information content (AvgIpc) is 3.03. The minimum Gasteiger partial charge on any atom is -0.481 e. The topological polar surface area (TPSA) is 77.9 Å². The van der Waals surface area contributed by atoms with Crippen molar-refractivity contribution in [3.8, 4) is 0 Å². The first-order valence-corrected chi connectivity index (χ1v) is 10.1. The minimum atomic E-state index is -0.791. The highest BCUT2D eigenvalue weighted by molar-refractivity contribution is 7.10. The minimum absolute atomic E-state index is 0.0393. The summed E-state index contributed by atoms with van der Waals surface area (Å²) in [5.74, 6) is -0.690. The van der Waals surface area contributed by atoms with E-state index < -0.39 is 5.97 Å². The largest absolute Gasteiger partial charge is 0.481 e. The molecule has 142 valence electrons. The fraction of sp³-hybridized carbons (Fsp3) is 0.632. The number of amides is 2. The zero-order chi connectivity index (χ0) is 18.8. The Morgan fingerprint density at radius 3 is 2.62 bits per heavy atom. The van der Waals surface area contributed by atoms with Crippen molar-refractivity contribution in [2.24, 2.45) is 11.8 Å². The van der Waals surface area contributed by atoms with E-state index in [9.17, 15) is 14.4 Å². The van der Waals surface area contributed by atoms with Crippen LogP contribution >= 0.6 is 11.3 Å². The van der Waals surface area contributed by atoms with Gasteiger partial charge in [0, 0.05) is 30.4 Å². The summed E-state index contributed by atoms with van der Waals surface area (Å²) in [7, 11) is 1.67. The standard InChI is InChI=1S/C19H26N2O4S/c1-12-3-4-14-15(11-26-16(14)9-12)18(23)20(2)10-17(22)21-7-5-13(6-8-21)19(24)25/h11-13H,3-10H2,1-2H3,(H,24,25). The van der Waals surface area contributed by atoms with Gasteiger partial charge in [-0.3, -0.25) is 14.4 Å². The molecule has 0 bridgehead atoms. The van der Waals surface area contributed by atoms with Crippen LogP contribution in [0.4, 0.5) is 0 Å². The first-order chi connectivity index (χ1) is 12.4. The maximum Gasteiger partial charge on any atom is 0.306 e. The molecule has 0 spiro atoms. The SMILES string of the molecule is CC1CCc2c(C(=O)N(C)CC(=O)N3CCC(C(=O)O)CC3)csc2C1. The Balaban J connectivity index is 1.58. The molecule has 1 saturated heterocycles. The molecule has 26 heavy (non-hydrogen) atoms. The first kappa shape index (κ1) is 18.9. The van der Waals surface area contributed by atoms with Crippen molar-refractivity contribution in [3.05, 3.63) is 21.4 Å². The second kappa shape index (κ2) is 7.78. The molecule has 6 nitrogen and oxygen atoms in total. The second-order valence-corrected chi connectivity index (χ2v) is 8.52. The smallest absolute Gasteiger partial charge is 0.306 e. The molecule has 1 fully saturated rings. The molecule has 1 unspecified atom stereocenters. The van der Waals surface area contributed by atoms with Crippen LogP contribution in [-0.4, -0.2) is 59.4 Å². The first-order valence-electron chi connectivity index (χ1n) is 9.22. The van der Waals surface area contributed by atoms with E-state index in [0.717, 1.165) is 24.8 Å². The molecular weight excluding hydrogens is 352 g/mol. The number of hydrogen-bond donors (Lipinski definition) is 1. The Bertz CT molecular complexity index is 706. The zero-order valence-electron chi connectivity index (χ0n) is 15.4. The molecular formula is C19H26N2O4S. The van der Waals surface area contributed by atoms with Crippen LogP contribution in [0.3, 0.4) is 0 Å². The number of hydrogen-bond acceptors (Lipinski definition) is 4. The van der Waals surface area contributed by atoms with Gasteiger partial charge in [0.25, 0.3) is 5.91 Å². The lowest BCUT2D eigenvalue weighted by molar-refractivity contribution is -0.145. The Morgan fingerprint density at radius 1 is 1.27 bits per heavy atom. The lowest BCUT2D eigenvalue weighted by Crippen LogP contribution is -2.45. The molecule has 2 aliphatic rings. The molecule has 0 saturated carbocycles. The van der Waals surface area contributed by atoms with Crippen molar-refractivity contribution in [3.63, 3.8) is 0 Å². The number of fused-ring (bicyclic) bond motifs is 1. The fourth-order valence-corrected chi connectivity index (χ4v) is 5.05. The summed E-state index contributed by atoms with van der Waals surface area (Å²) in [5, 5.41) is 11.0. The molecule has 0 aromatic carbocycles. The number of likely N-dealkylation sites (tertiary alicyclic amines) is 1. The monoisotopic (exact) mass is 378 g/mol. The zero-order valence-corrected chi connectivity index (χ0v) is 16.2. The predicted octanol–water partition coefficient (Wildman–Crippen LogP) is 2.27. The van der Waals surface area contributed by atoms with Crippen molar-refractivity contribution in [1.82, 2.24) is 9.80 Å².